The lowest BCUT2D eigenvalue weighted by Crippen LogP contribution is -2.17. The molecule has 0 radical (unpaired) electrons. The lowest BCUT2D eigenvalue weighted by molar-refractivity contribution is 0.606. The van der Waals surface area contributed by atoms with E-state index in [-0.39, 0.29) is 5.82 Å². The highest BCUT2D eigenvalue weighted by Crippen LogP contribution is 2.15. The molecule has 0 unspecified atom stereocenters. The van der Waals surface area contributed by atoms with Crippen LogP contribution in [-0.4, -0.2) is 4.68 Å². The largest absolute Gasteiger partial charge is 0.321 e. The molecule has 0 aliphatic heterocycles. The molecule has 4 heteroatoms. The second-order valence-electron chi connectivity index (χ2n) is 4.02. The molecule has 1 aromatic heterocycles. The van der Waals surface area contributed by atoms with Gasteiger partial charge in [-0.1, -0.05) is 22.0 Å². The van der Waals surface area contributed by atoms with E-state index in [4.69, 9.17) is 0 Å². The van der Waals surface area contributed by atoms with Gasteiger partial charge in [-0.3, -0.25) is 4.68 Å². The maximum absolute atomic E-state index is 13.6. The predicted molar refractivity (Wildman–Crippen MR) is 71.1 cm³/mol. The molecule has 0 atom stereocenters. The van der Waals surface area contributed by atoms with Crippen LogP contribution in [0.25, 0.3) is 0 Å². The first-order valence-electron chi connectivity index (χ1n) is 5.40. The molecule has 0 saturated carbocycles. The zero-order valence-corrected chi connectivity index (χ0v) is 11.4. The number of rotatable bonds is 3. The fraction of sp³-hybridized carbons (Fsp3) is 0.231. The minimum Gasteiger partial charge on any atom is -0.321 e. The first-order chi connectivity index (χ1) is 8.08. The summed E-state index contributed by atoms with van der Waals surface area (Å²) in [4.78, 5) is 0. The van der Waals surface area contributed by atoms with Gasteiger partial charge in [0, 0.05) is 21.4 Å². The summed E-state index contributed by atoms with van der Waals surface area (Å²) in [6, 6.07) is 9.16. The minimum atomic E-state index is -0.200. The zero-order chi connectivity index (χ0) is 12.4. The third-order valence-electron chi connectivity index (χ3n) is 2.71. The van der Waals surface area contributed by atoms with Gasteiger partial charge < -0.3 is 5.43 Å². The van der Waals surface area contributed by atoms with Crippen molar-refractivity contribution in [2.75, 3.05) is 5.43 Å². The Morgan fingerprint density at radius 1 is 1.18 bits per heavy atom. The maximum atomic E-state index is 13.6. The average Bonchev–Trinajstić information content (AvgIpc) is 2.58. The summed E-state index contributed by atoms with van der Waals surface area (Å²) in [5.74, 6) is -0.200. The van der Waals surface area contributed by atoms with Crippen LogP contribution < -0.4 is 5.43 Å². The van der Waals surface area contributed by atoms with E-state index in [1.54, 1.807) is 6.07 Å². The topological polar surface area (TPSA) is 17.0 Å². The van der Waals surface area contributed by atoms with E-state index in [0.717, 1.165) is 15.9 Å². The van der Waals surface area contributed by atoms with Crippen LogP contribution in [0.2, 0.25) is 0 Å². The molecule has 0 spiro atoms. The van der Waals surface area contributed by atoms with Crippen LogP contribution in [0.5, 0.6) is 0 Å². The van der Waals surface area contributed by atoms with Gasteiger partial charge in [0.15, 0.2) is 0 Å². The maximum Gasteiger partial charge on any atom is 0.129 e. The van der Waals surface area contributed by atoms with Gasteiger partial charge in [0.05, 0.1) is 6.54 Å². The van der Waals surface area contributed by atoms with Crippen molar-refractivity contribution in [1.29, 1.82) is 0 Å². The van der Waals surface area contributed by atoms with Crippen LogP contribution >= 0.6 is 15.9 Å². The van der Waals surface area contributed by atoms with E-state index in [0.29, 0.717) is 12.1 Å². The highest BCUT2D eigenvalue weighted by Gasteiger charge is 2.04. The number of aryl methyl sites for hydroxylation is 2. The van der Waals surface area contributed by atoms with Crippen LogP contribution in [0.3, 0.4) is 0 Å². The molecule has 1 aromatic carbocycles. The van der Waals surface area contributed by atoms with E-state index < -0.39 is 0 Å². The van der Waals surface area contributed by atoms with E-state index in [1.807, 2.05) is 36.7 Å². The van der Waals surface area contributed by atoms with Crippen molar-refractivity contribution < 1.29 is 4.39 Å². The number of benzene rings is 1. The smallest absolute Gasteiger partial charge is 0.129 e. The van der Waals surface area contributed by atoms with Gasteiger partial charge in [-0.2, -0.15) is 0 Å². The molecule has 0 aliphatic rings. The number of hydrogen-bond acceptors (Lipinski definition) is 1. The van der Waals surface area contributed by atoms with Crippen LogP contribution in [-0.2, 0) is 6.54 Å². The van der Waals surface area contributed by atoms with Crippen molar-refractivity contribution in [2.45, 2.75) is 20.4 Å². The Morgan fingerprint density at radius 3 is 2.41 bits per heavy atom. The van der Waals surface area contributed by atoms with Crippen LogP contribution in [0.1, 0.15) is 17.0 Å². The van der Waals surface area contributed by atoms with Crippen LogP contribution in [0.4, 0.5) is 4.39 Å². The van der Waals surface area contributed by atoms with Gasteiger partial charge in [0.2, 0.25) is 0 Å². The predicted octanol–water partition coefficient (Wildman–Crippen LogP) is 3.75. The molecule has 0 bridgehead atoms. The van der Waals surface area contributed by atoms with Crippen molar-refractivity contribution in [3.63, 3.8) is 0 Å². The zero-order valence-electron chi connectivity index (χ0n) is 9.80. The summed E-state index contributed by atoms with van der Waals surface area (Å²) in [5, 5.41) is 0. The second kappa shape index (κ2) is 4.92. The second-order valence-corrected chi connectivity index (χ2v) is 4.94. The number of nitrogens with zero attached hydrogens (tertiary/aromatic N) is 1. The monoisotopic (exact) mass is 296 g/mol. The Bertz CT molecular complexity index is 515. The number of nitrogens with one attached hydrogen (secondary N) is 1. The molecular formula is C13H14BrFN2. The van der Waals surface area contributed by atoms with E-state index in [1.165, 1.54) is 6.07 Å². The van der Waals surface area contributed by atoms with Gasteiger partial charge in [-0.05, 0) is 38.1 Å². The summed E-state index contributed by atoms with van der Waals surface area (Å²) in [6.45, 7) is 4.49. The van der Waals surface area contributed by atoms with Crippen LogP contribution in [0, 0.1) is 19.7 Å². The normalized spacial score (nSPS) is 10.6. The molecule has 2 aromatic rings. The standard InChI is InChI=1S/C13H14BrFN2/c1-9-3-4-10(2)17(9)16-8-11-5-6-12(14)7-13(11)15/h3-7,16H,8H2,1-2H3. The molecule has 0 saturated heterocycles. The van der Waals surface area contributed by atoms with Gasteiger partial charge >= 0.3 is 0 Å². The summed E-state index contributed by atoms with van der Waals surface area (Å²) >= 11 is 3.24. The Balaban J connectivity index is 2.13. The summed E-state index contributed by atoms with van der Waals surface area (Å²) < 4.78 is 16.3. The number of hydrogen-bond donors (Lipinski definition) is 1. The Hall–Kier alpha value is -1.29. The SMILES string of the molecule is Cc1ccc(C)n1NCc1ccc(Br)cc1F. The summed E-state index contributed by atoms with van der Waals surface area (Å²) in [5.41, 5.74) is 6.07. The van der Waals surface area contributed by atoms with Crippen molar-refractivity contribution in [2.24, 2.45) is 0 Å². The third-order valence-corrected chi connectivity index (χ3v) is 3.21. The lowest BCUT2D eigenvalue weighted by Gasteiger charge is -2.13. The molecule has 2 nitrogen and oxygen atoms in total. The molecule has 1 heterocycles. The summed E-state index contributed by atoms with van der Waals surface area (Å²) in [7, 11) is 0. The molecule has 90 valence electrons. The number of halogens is 2. The molecule has 17 heavy (non-hydrogen) atoms. The molecule has 0 amide bonds. The third kappa shape index (κ3) is 2.69. The molecule has 2 rings (SSSR count). The van der Waals surface area contributed by atoms with Gasteiger partial charge in [-0.15, -0.1) is 0 Å². The van der Waals surface area contributed by atoms with Gasteiger partial charge in [0.25, 0.3) is 0 Å². The Kier molecular flexibility index (Phi) is 3.52. The lowest BCUT2D eigenvalue weighted by atomic mass is 10.2. The highest BCUT2D eigenvalue weighted by atomic mass is 79.9. The summed E-state index contributed by atoms with van der Waals surface area (Å²) in [6.07, 6.45) is 0. The van der Waals surface area contributed by atoms with Crippen molar-refractivity contribution >= 4 is 15.9 Å². The Labute approximate surface area is 109 Å². The first kappa shape index (κ1) is 12.2. The van der Waals surface area contributed by atoms with Crippen molar-refractivity contribution in [1.82, 2.24) is 4.68 Å². The van der Waals surface area contributed by atoms with Crippen LogP contribution in [0.15, 0.2) is 34.8 Å². The first-order valence-corrected chi connectivity index (χ1v) is 6.20. The minimum absolute atomic E-state index is 0.200. The molecular weight excluding hydrogens is 283 g/mol. The van der Waals surface area contributed by atoms with E-state index >= 15 is 0 Å². The molecule has 1 N–H and O–H groups in total. The number of aromatic nitrogens is 1. The highest BCUT2D eigenvalue weighted by molar-refractivity contribution is 9.10. The van der Waals surface area contributed by atoms with Gasteiger partial charge in [0.1, 0.15) is 5.82 Å². The quantitative estimate of drug-likeness (QED) is 0.913. The Morgan fingerprint density at radius 2 is 1.82 bits per heavy atom. The average molecular weight is 297 g/mol. The van der Waals surface area contributed by atoms with Crippen molar-refractivity contribution in [3.8, 4) is 0 Å². The van der Waals surface area contributed by atoms with E-state index in [9.17, 15) is 4.39 Å². The fourth-order valence-electron chi connectivity index (χ4n) is 1.75. The molecule has 0 aliphatic carbocycles. The molecule has 0 fully saturated rings. The van der Waals surface area contributed by atoms with Gasteiger partial charge in [-0.25, -0.2) is 4.39 Å². The van der Waals surface area contributed by atoms with Crippen molar-refractivity contribution in [3.05, 3.63) is 57.6 Å². The van der Waals surface area contributed by atoms with E-state index in [2.05, 4.69) is 21.4 Å². The fourth-order valence-corrected chi connectivity index (χ4v) is 2.08.